The normalized spacial score (nSPS) is 12.9. The molecule has 7 nitrogen and oxygen atoms in total. The fraction of sp³-hybridized carbons (Fsp3) is 0.259. The van der Waals surface area contributed by atoms with Crippen molar-refractivity contribution in [2.75, 3.05) is 0 Å². The number of thiazole rings is 1. The molecule has 3 heterocycles. The van der Waals surface area contributed by atoms with Crippen molar-refractivity contribution in [1.29, 1.82) is 0 Å². The molecule has 0 saturated heterocycles. The van der Waals surface area contributed by atoms with E-state index >= 15 is 0 Å². The molecule has 0 radical (unpaired) electrons. The second-order valence-electron chi connectivity index (χ2n) is 9.67. The Morgan fingerprint density at radius 3 is 2.56 bits per heavy atom. The first kappa shape index (κ1) is 24.4. The van der Waals surface area contributed by atoms with E-state index in [0.29, 0.717) is 10.6 Å². The van der Waals surface area contributed by atoms with E-state index in [4.69, 9.17) is 21.3 Å². The van der Waals surface area contributed by atoms with Gasteiger partial charge in [0, 0.05) is 41.0 Å². The van der Waals surface area contributed by atoms with Gasteiger partial charge in [0.25, 0.3) is 0 Å². The van der Waals surface area contributed by atoms with Crippen molar-refractivity contribution >= 4 is 50.0 Å². The van der Waals surface area contributed by atoms with Crippen molar-refractivity contribution in [2.45, 2.75) is 39.4 Å². The molecule has 1 atom stereocenters. The van der Waals surface area contributed by atoms with Crippen molar-refractivity contribution in [1.82, 2.24) is 19.7 Å². The maximum absolute atomic E-state index is 12.5. The second kappa shape index (κ2) is 8.96. The number of fused-ring (bicyclic) bond motifs is 2. The quantitative estimate of drug-likeness (QED) is 0.273. The number of nitrogens with zero attached hydrogens (tertiary/aromatic N) is 4. The number of aromatic nitrogens is 4. The molecule has 0 bridgehead atoms. The molecule has 2 aromatic carbocycles. The zero-order chi connectivity index (χ0) is 25.8. The number of rotatable bonds is 5. The third-order valence-corrected chi connectivity index (χ3v) is 7.20. The topological polar surface area (TPSA) is 90.1 Å². The highest BCUT2D eigenvalue weighted by Gasteiger charge is 2.32. The van der Waals surface area contributed by atoms with Gasteiger partial charge in [0.05, 0.1) is 21.3 Å². The van der Waals surface area contributed by atoms with Crippen LogP contribution in [0.5, 0.6) is 0 Å². The number of ether oxygens (including phenoxy) is 1. The van der Waals surface area contributed by atoms with Gasteiger partial charge in [-0.05, 0) is 63.1 Å². The van der Waals surface area contributed by atoms with E-state index in [2.05, 4.69) is 10.1 Å². The molecule has 0 saturated carbocycles. The van der Waals surface area contributed by atoms with E-state index in [1.165, 1.54) is 11.3 Å². The summed E-state index contributed by atoms with van der Waals surface area (Å²) in [6.07, 6.45) is 2.35. The summed E-state index contributed by atoms with van der Waals surface area (Å²) in [5, 5.41) is 17.1. The Balaban J connectivity index is 1.83. The van der Waals surface area contributed by atoms with Crippen LogP contribution in [0, 0.1) is 6.92 Å². The van der Waals surface area contributed by atoms with Crippen LogP contribution < -0.4 is 0 Å². The number of pyridine rings is 1. The van der Waals surface area contributed by atoms with Gasteiger partial charge in [-0.3, -0.25) is 9.67 Å². The Labute approximate surface area is 217 Å². The minimum absolute atomic E-state index is 0.601. The minimum atomic E-state index is -1.16. The van der Waals surface area contributed by atoms with Crippen LogP contribution in [0.2, 0.25) is 5.02 Å². The van der Waals surface area contributed by atoms with Gasteiger partial charge in [-0.1, -0.05) is 23.7 Å². The molecule has 0 amide bonds. The smallest absolute Gasteiger partial charge is 0.337 e. The van der Waals surface area contributed by atoms with Crippen molar-refractivity contribution in [3.63, 3.8) is 0 Å². The monoisotopic (exact) mass is 520 g/mol. The van der Waals surface area contributed by atoms with Crippen molar-refractivity contribution < 1.29 is 14.6 Å². The maximum Gasteiger partial charge on any atom is 0.337 e. The third kappa shape index (κ3) is 4.36. The summed E-state index contributed by atoms with van der Waals surface area (Å²) in [7, 11) is 1.88. The summed E-state index contributed by atoms with van der Waals surface area (Å²) in [4.78, 5) is 21.7. The zero-order valence-corrected chi connectivity index (χ0v) is 22.1. The molecule has 0 spiro atoms. The van der Waals surface area contributed by atoms with E-state index in [9.17, 15) is 9.90 Å². The first-order valence-electron chi connectivity index (χ1n) is 11.4. The van der Waals surface area contributed by atoms with Crippen LogP contribution in [0.3, 0.4) is 0 Å². The van der Waals surface area contributed by atoms with Crippen molar-refractivity contribution in [2.24, 2.45) is 7.05 Å². The van der Waals surface area contributed by atoms with Crippen molar-refractivity contribution in [3.8, 4) is 21.8 Å². The average Bonchev–Trinajstić information content (AvgIpc) is 3.36. The number of carbonyl (C=O) groups is 1. The number of halogens is 1. The molecular formula is C27H25ClN4O3S. The number of benzene rings is 2. The largest absolute Gasteiger partial charge is 0.479 e. The first-order chi connectivity index (χ1) is 17.0. The van der Waals surface area contributed by atoms with Crippen LogP contribution in [-0.4, -0.2) is 36.4 Å². The van der Waals surface area contributed by atoms with E-state index in [1.807, 2.05) is 63.7 Å². The zero-order valence-electron chi connectivity index (χ0n) is 20.5. The molecule has 0 aliphatic heterocycles. The number of aliphatic carboxylic acids is 1. The maximum atomic E-state index is 12.5. The predicted octanol–water partition coefficient (Wildman–Crippen LogP) is 6.81. The number of carboxylic acids is 1. The van der Waals surface area contributed by atoms with Gasteiger partial charge in [0.1, 0.15) is 10.7 Å². The Bertz CT molecular complexity index is 1620. The molecule has 0 aliphatic rings. The van der Waals surface area contributed by atoms with E-state index in [-0.39, 0.29) is 0 Å². The second-order valence-corrected chi connectivity index (χ2v) is 11.1. The molecule has 184 valence electrons. The average molecular weight is 521 g/mol. The molecule has 0 aliphatic carbocycles. The number of hydrogen-bond donors (Lipinski definition) is 1. The van der Waals surface area contributed by atoms with Crippen LogP contribution in [0.4, 0.5) is 0 Å². The van der Waals surface area contributed by atoms with E-state index in [0.717, 1.165) is 48.5 Å². The highest BCUT2D eigenvalue weighted by atomic mass is 35.5. The summed E-state index contributed by atoms with van der Waals surface area (Å²) in [5.41, 5.74) is 4.84. The third-order valence-electron chi connectivity index (χ3n) is 5.86. The van der Waals surface area contributed by atoms with Gasteiger partial charge in [0.15, 0.2) is 6.10 Å². The van der Waals surface area contributed by atoms with Crippen LogP contribution >= 0.6 is 22.9 Å². The lowest BCUT2D eigenvalue weighted by atomic mass is 9.91. The molecule has 1 unspecified atom stereocenters. The van der Waals surface area contributed by atoms with Crippen LogP contribution in [0.15, 0.2) is 48.8 Å². The molecule has 0 fully saturated rings. The van der Waals surface area contributed by atoms with E-state index < -0.39 is 17.7 Å². The molecule has 3 aromatic heterocycles. The Morgan fingerprint density at radius 1 is 1.17 bits per heavy atom. The van der Waals surface area contributed by atoms with E-state index in [1.54, 1.807) is 24.5 Å². The summed E-state index contributed by atoms with van der Waals surface area (Å²) < 4.78 is 8.77. The van der Waals surface area contributed by atoms with Gasteiger partial charge in [-0.2, -0.15) is 5.10 Å². The van der Waals surface area contributed by atoms with Crippen LogP contribution in [0.1, 0.15) is 38.0 Å². The van der Waals surface area contributed by atoms with Gasteiger partial charge in [-0.15, -0.1) is 11.3 Å². The Morgan fingerprint density at radius 2 is 1.89 bits per heavy atom. The summed E-state index contributed by atoms with van der Waals surface area (Å²) in [6.45, 7) is 7.46. The standard InChI is InChI=1S/C27H25ClN4O3S/c1-14-12-19-24(36-25(30-19)22-17-13-29-11-10-18(17)31-32(22)5)21(15-6-8-16(28)9-7-15)20(14)23(26(33)34)35-27(2,3)4/h6-13,23H,1-5H3,(H,33,34). The Hall–Kier alpha value is -3.33. The fourth-order valence-corrected chi connectivity index (χ4v) is 5.78. The first-order valence-corrected chi connectivity index (χ1v) is 12.6. The molecular weight excluding hydrogens is 496 g/mol. The minimum Gasteiger partial charge on any atom is -0.479 e. The summed E-state index contributed by atoms with van der Waals surface area (Å²) in [5.74, 6) is -1.05. The fourth-order valence-electron chi connectivity index (χ4n) is 4.44. The highest BCUT2D eigenvalue weighted by Crippen LogP contribution is 2.45. The number of aryl methyl sites for hydroxylation is 2. The lowest BCUT2D eigenvalue weighted by Gasteiger charge is -2.28. The van der Waals surface area contributed by atoms with Crippen LogP contribution in [-0.2, 0) is 16.6 Å². The van der Waals surface area contributed by atoms with Gasteiger partial charge < -0.3 is 9.84 Å². The molecule has 5 aromatic rings. The highest BCUT2D eigenvalue weighted by molar-refractivity contribution is 7.22. The molecule has 1 N–H and O–H groups in total. The Kier molecular flexibility index (Phi) is 6.06. The van der Waals surface area contributed by atoms with Gasteiger partial charge in [-0.25, -0.2) is 9.78 Å². The number of hydrogen-bond acceptors (Lipinski definition) is 6. The molecule has 9 heteroatoms. The summed E-state index contributed by atoms with van der Waals surface area (Å²) >= 11 is 7.69. The lowest BCUT2D eigenvalue weighted by molar-refractivity contribution is -0.160. The van der Waals surface area contributed by atoms with Gasteiger partial charge in [0.2, 0.25) is 0 Å². The number of carboxylic acid groups (broad SMARTS) is 1. The van der Waals surface area contributed by atoms with Crippen LogP contribution in [0.25, 0.3) is 42.9 Å². The SMILES string of the molecule is Cc1cc2nc(-c3c4cnccc4nn3C)sc2c(-c2ccc(Cl)cc2)c1C(OC(C)(C)C)C(=O)O. The lowest BCUT2D eigenvalue weighted by Crippen LogP contribution is -2.28. The predicted molar refractivity (Wildman–Crippen MR) is 144 cm³/mol. The molecule has 36 heavy (non-hydrogen) atoms. The summed E-state index contributed by atoms with van der Waals surface area (Å²) in [6, 6.07) is 11.2. The van der Waals surface area contributed by atoms with Gasteiger partial charge >= 0.3 is 5.97 Å². The van der Waals surface area contributed by atoms with Crippen molar-refractivity contribution in [3.05, 3.63) is 64.9 Å². The molecule has 5 rings (SSSR count).